The number of hydrogen-bond donors (Lipinski definition) is 1. The van der Waals surface area contributed by atoms with Crippen LogP contribution in [0, 0.1) is 0 Å². The fourth-order valence-corrected chi connectivity index (χ4v) is 3.59. The van der Waals surface area contributed by atoms with Crippen molar-refractivity contribution in [3.05, 3.63) is 29.8 Å². The zero-order valence-corrected chi connectivity index (χ0v) is 16.2. The third kappa shape index (κ3) is 5.71. The summed E-state index contributed by atoms with van der Waals surface area (Å²) >= 11 is 0. The lowest BCUT2D eigenvalue weighted by molar-refractivity contribution is 0.0956. The Morgan fingerprint density at radius 3 is 2.24 bits per heavy atom. The third-order valence-corrected chi connectivity index (χ3v) is 6.38. The number of piperazine rings is 1. The first-order chi connectivity index (χ1) is 11.8. The molecule has 0 unspecified atom stereocenters. The lowest BCUT2D eigenvalue weighted by Crippen LogP contribution is -2.48. The number of nitrogens with one attached hydrogen (secondary N) is 1. The first-order valence-corrected chi connectivity index (χ1v) is 10.7. The Hall–Kier alpha value is -1.60. The largest absolute Gasteiger partial charge is 0.369 e. The lowest BCUT2D eigenvalue weighted by atomic mass is 10.1. The summed E-state index contributed by atoms with van der Waals surface area (Å²) < 4.78 is 22.9. The molecule has 6 nitrogen and oxygen atoms in total. The van der Waals surface area contributed by atoms with Gasteiger partial charge < -0.3 is 10.2 Å². The van der Waals surface area contributed by atoms with E-state index in [-0.39, 0.29) is 24.0 Å². The van der Waals surface area contributed by atoms with Gasteiger partial charge in [0, 0.05) is 55.8 Å². The molecule has 1 fully saturated rings. The number of nitrogens with zero attached hydrogens (tertiary/aromatic N) is 2. The average Bonchev–Trinajstić information content (AvgIpc) is 2.61. The fourth-order valence-electron chi connectivity index (χ4n) is 2.89. The van der Waals surface area contributed by atoms with Crippen molar-refractivity contribution < 1.29 is 13.2 Å². The standard InChI is InChI=1S/C18H29N3O3S/c1-4-25(23,24)14-9-19-18(22)16-5-7-17(8-6-16)21-12-10-20(11-13-21)15(2)3/h5-8,15H,4,9-14H2,1-3H3,(H,19,22). The van der Waals surface area contributed by atoms with Crippen molar-refractivity contribution >= 4 is 21.4 Å². The summed E-state index contributed by atoms with van der Waals surface area (Å²) in [5, 5.41) is 2.67. The SMILES string of the molecule is CCS(=O)(=O)CCNC(=O)c1ccc(N2CCN(C(C)C)CC2)cc1. The van der Waals surface area contributed by atoms with Gasteiger partial charge in [0.05, 0.1) is 5.75 Å². The molecule has 0 aliphatic carbocycles. The molecule has 1 aromatic carbocycles. The van der Waals surface area contributed by atoms with Crippen LogP contribution in [0.15, 0.2) is 24.3 Å². The quantitative estimate of drug-likeness (QED) is 0.788. The number of benzene rings is 1. The molecule has 1 saturated heterocycles. The Labute approximate surface area is 151 Å². The van der Waals surface area contributed by atoms with Crippen molar-refractivity contribution in [2.75, 3.05) is 49.1 Å². The lowest BCUT2D eigenvalue weighted by Gasteiger charge is -2.38. The maximum absolute atomic E-state index is 12.1. The van der Waals surface area contributed by atoms with Crippen LogP contribution in [0.3, 0.4) is 0 Å². The van der Waals surface area contributed by atoms with Crippen LogP contribution in [-0.2, 0) is 9.84 Å². The van der Waals surface area contributed by atoms with E-state index in [9.17, 15) is 13.2 Å². The first kappa shape index (κ1) is 19.7. The van der Waals surface area contributed by atoms with Crippen LogP contribution < -0.4 is 10.2 Å². The molecular weight excluding hydrogens is 338 g/mol. The summed E-state index contributed by atoms with van der Waals surface area (Å²) in [6, 6.07) is 8.09. The van der Waals surface area contributed by atoms with Crippen LogP contribution in [0.5, 0.6) is 0 Å². The van der Waals surface area contributed by atoms with E-state index < -0.39 is 9.84 Å². The summed E-state index contributed by atoms with van der Waals surface area (Å²) in [7, 11) is -3.05. The van der Waals surface area contributed by atoms with Gasteiger partial charge >= 0.3 is 0 Å². The fraction of sp³-hybridized carbons (Fsp3) is 0.611. The normalized spacial score (nSPS) is 16.2. The smallest absolute Gasteiger partial charge is 0.251 e. The number of anilines is 1. The molecule has 0 saturated carbocycles. The molecule has 1 amide bonds. The number of rotatable bonds is 7. The first-order valence-electron chi connectivity index (χ1n) is 8.90. The predicted molar refractivity (Wildman–Crippen MR) is 102 cm³/mol. The maximum atomic E-state index is 12.1. The van der Waals surface area contributed by atoms with Crippen molar-refractivity contribution in [3.8, 4) is 0 Å². The van der Waals surface area contributed by atoms with Gasteiger partial charge in [0.2, 0.25) is 0 Å². The Balaban J connectivity index is 1.86. The molecule has 25 heavy (non-hydrogen) atoms. The minimum atomic E-state index is -3.05. The molecule has 0 radical (unpaired) electrons. The highest BCUT2D eigenvalue weighted by Gasteiger charge is 2.19. The molecule has 1 heterocycles. The number of carbonyl (C=O) groups is 1. The summed E-state index contributed by atoms with van der Waals surface area (Å²) in [5.74, 6) is -0.155. The van der Waals surface area contributed by atoms with Crippen molar-refractivity contribution in [1.82, 2.24) is 10.2 Å². The Morgan fingerprint density at radius 1 is 1.12 bits per heavy atom. The van der Waals surface area contributed by atoms with Crippen molar-refractivity contribution in [2.45, 2.75) is 26.8 Å². The van der Waals surface area contributed by atoms with Gasteiger partial charge in [-0.15, -0.1) is 0 Å². The van der Waals surface area contributed by atoms with Gasteiger partial charge in [0.25, 0.3) is 5.91 Å². The van der Waals surface area contributed by atoms with Gasteiger partial charge in [-0.3, -0.25) is 9.69 Å². The van der Waals surface area contributed by atoms with Crippen molar-refractivity contribution in [1.29, 1.82) is 0 Å². The van der Waals surface area contributed by atoms with Gasteiger partial charge in [0.1, 0.15) is 0 Å². The number of sulfone groups is 1. The second-order valence-corrected chi connectivity index (χ2v) is 9.13. The Morgan fingerprint density at radius 2 is 1.72 bits per heavy atom. The van der Waals surface area contributed by atoms with Crippen molar-refractivity contribution in [2.24, 2.45) is 0 Å². The summed E-state index contributed by atoms with van der Waals surface area (Å²) in [5.41, 5.74) is 1.67. The van der Waals surface area contributed by atoms with E-state index in [1.165, 1.54) is 0 Å². The molecule has 1 aliphatic heterocycles. The molecule has 1 aromatic rings. The molecule has 140 valence electrons. The highest BCUT2D eigenvalue weighted by molar-refractivity contribution is 7.91. The van der Waals surface area contributed by atoms with Gasteiger partial charge in [0.15, 0.2) is 9.84 Å². The maximum Gasteiger partial charge on any atom is 0.251 e. The van der Waals surface area contributed by atoms with Gasteiger partial charge in [-0.2, -0.15) is 0 Å². The molecule has 0 atom stereocenters. The van der Waals surface area contributed by atoms with Crippen LogP contribution >= 0.6 is 0 Å². The Kier molecular flexibility index (Phi) is 6.84. The van der Waals surface area contributed by atoms with E-state index in [1.807, 2.05) is 12.1 Å². The van der Waals surface area contributed by atoms with Crippen LogP contribution in [0.25, 0.3) is 0 Å². The molecular formula is C18H29N3O3S. The highest BCUT2D eigenvalue weighted by atomic mass is 32.2. The van der Waals surface area contributed by atoms with E-state index in [1.54, 1.807) is 19.1 Å². The zero-order valence-electron chi connectivity index (χ0n) is 15.4. The average molecular weight is 368 g/mol. The molecule has 1 aliphatic rings. The molecule has 0 bridgehead atoms. The van der Waals surface area contributed by atoms with Crippen LogP contribution in [0.1, 0.15) is 31.1 Å². The summed E-state index contributed by atoms with van der Waals surface area (Å²) in [6.07, 6.45) is 0. The predicted octanol–water partition coefficient (Wildman–Crippen LogP) is 1.38. The molecule has 0 spiro atoms. The highest BCUT2D eigenvalue weighted by Crippen LogP contribution is 2.18. The third-order valence-electron chi connectivity index (χ3n) is 4.68. The zero-order chi connectivity index (χ0) is 18.4. The van der Waals surface area contributed by atoms with E-state index in [0.29, 0.717) is 11.6 Å². The monoisotopic (exact) mass is 367 g/mol. The molecule has 2 rings (SSSR count). The summed E-state index contributed by atoms with van der Waals surface area (Å²) in [4.78, 5) is 16.9. The molecule has 0 aromatic heterocycles. The van der Waals surface area contributed by atoms with E-state index in [4.69, 9.17) is 0 Å². The molecule has 1 N–H and O–H groups in total. The number of hydrogen-bond acceptors (Lipinski definition) is 5. The Bertz CT molecular complexity index is 663. The van der Waals surface area contributed by atoms with Crippen molar-refractivity contribution in [3.63, 3.8) is 0 Å². The second kappa shape index (κ2) is 8.67. The van der Waals surface area contributed by atoms with Gasteiger partial charge in [-0.1, -0.05) is 6.92 Å². The minimum Gasteiger partial charge on any atom is -0.369 e. The van der Waals surface area contributed by atoms with E-state index in [2.05, 4.69) is 29.0 Å². The van der Waals surface area contributed by atoms with Gasteiger partial charge in [-0.05, 0) is 38.1 Å². The summed E-state index contributed by atoms with van der Waals surface area (Å²) in [6.45, 7) is 10.3. The van der Waals surface area contributed by atoms with E-state index >= 15 is 0 Å². The number of amides is 1. The second-order valence-electron chi connectivity index (χ2n) is 6.66. The topological polar surface area (TPSA) is 69.7 Å². The minimum absolute atomic E-state index is 0.0204. The van der Waals surface area contributed by atoms with Crippen LogP contribution in [0.4, 0.5) is 5.69 Å². The van der Waals surface area contributed by atoms with Gasteiger partial charge in [-0.25, -0.2) is 8.42 Å². The van der Waals surface area contributed by atoms with E-state index in [0.717, 1.165) is 31.9 Å². The molecule has 7 heteroatoms. The van der Waals surface area contributed by atoms with Crippen LogP contribution in [-0.4, -0.2) is 69.5 Å². The van der Waals surface area contributed by atoms with Crippen LogP contribution in [0.2, 0.25) is 0 Å². The number of carbonyl (C=O) groups excluding carboxylic acids is 1.